The normalized spacial score (nSPS) is 19.2. The molecule has 0 saturated carbocycles. The van der Waals surface area contributed by atoms with E-state index in [1.807, 2.05) is 24.3 Å². The van der Waals surface area contributed by atoms with Crippen LogP contribution in [0.1, 0.15) is 36.5 Å². The summed E-state index contributed by atoms with van der Waals surface area (Å²) in [5.41, 5.74) is 1.68. The van der Waals surface area contributed by atoms with Crippen LogP contribution in [0, 0.1) is 35.3 Å². The van der Waals surface area contributed by atoms with Crippen LogP contribution in [0.2, 0.25) is 0 Å². The number of nitrogens with zero attached hydrogens (tertiary/aromatic N) is 2. The van der Waals surface area contributed by atoms with Gasteiger partial charge in [0.05, 0.1) is 30.8 Å². The largest absolute Gasteiger partial charge is 0.497 e. The fourth-order valence-corrected chi connectivity index (χ4v) is 4.83. The Bertz CT molecular complexity index is 1220. The van der Waals surface area contributed by atoms with Crippen molar-refractivity contribution in [2.45, 2.75) is 25.4 Å². The lowest BCUT2D eigenvalue weighted by Crippen LogP contribution is -2.42. The number of pyridine rings is 1. The van der Waals surface area contributed by atoms with E-state index >= 15 is 0 Å². The molecule has 1 aliphatic rings. The van der Waals surface area contributed by atoms with Crippen molar-refractivity contribution < 1.29 is 23.7 Å². The first-order chi connectivity index (χ1) is 17.0. The summed E-state index contributed by atoms with van der Waals surface area (Å²) < 4.78 is 32.4. The predicted molar refractivity (Wildman–Crippen MR) is 131 cm³/mol. The number of benzene rings is 2. The SMILES string of the molecule is COc1ccc2nccc([C@@H](O)CC[C@@H]3CCN(CC#Cc4cccc(F)c4F)C[C@@H]3CO)c2c1. The zero-order chi connectivity index (χ0) is 24.8. The third-order valence-corrected chi connectivity index (χ3v) is 6.84. The molecular weight excluding hydrogens is 450 g/mol. The van der Waals surface area contributed by atoms with Gasteiger partial charge in [-0.1, -0.05) is 17.9 Å². The molecule has 3 aromatic rings. The second kappa shape index (κ2) is 11.6. The van der Waals surface area contributed by atoms with Gasteiger partial charge in [-0.15, -0.1) is 0 Å². The molecule has 1 aromatic heterocycles. The van der Waals surface area contributed by atoms with Crippen LogP contribution in [0.25, 0.3) is 10.9 Å². The summed E-state index contributed by atoms with van der Waals surface area (Å²) in [6.07, 6.45) is 3.31. The topological polar surface area (TPSA) is 65.8 Å². The van der Waals surface area contributed by atoms with E-state index in [0.29, 0.717) is 19.5 Å². The van der Waals surface area contributed by atoms with Crippen LogP contribution >= 0.6 is 0 Å². The molecule has 0 aliphatic carbocycles. The van der Waals surface area contributed by atoms with Gasteiger partial charge in [0.15, 0.2) is 11.6 Å². The number of fused-ring (bicyclic) bond motifs is 1. The predicted octanol–water partition coefficient (Wildman–Crippen LogP) is 4.32. The minimum Gasteiger partial charge on any atom is -0.497 e. The molecule has 3 atom stereocenters. The van der Waals surface area contributed by atoms with Gasteiger partial charge in [-0.25, -0.2) is 8.78 Å². The molecule has 0 unspecified atom stereocenters. The molecule has 5 nitrogen and oxygen atoms in total. The number of methoxy groups -OCH3 is 1. The Balaban J connectivity index is 1.35. The van der Waals surface area contributed by atoms with E-state index in [2.05, 4.69) is 21.7 Å². The third kappa shape index (κ3) is 5.96. The zero-order valence-electron chi connectivity index (χ0n) is 19.8. The van der Waals surface area contributed by atoms with Gasteiger partial charge in [0, 0.05) is 24.7 Å². The minimum absolute atomic E-state index is 0.0498. The Hall–Kier alpha value is -3.05. The lowest BCUT2D eigenvalue weighted by atomic mass is 9.81. The minimum atomic E-state index is -0.925. The molecule has 7 heteroatoms. The number of hydrogen-bond acceptors (Lipinski definition) is 5. The summed E-state index contributed by atoms with van der Waals surface area (Å²) in [5, 5.41) is 21.8. The highest BCUT2D eigenvalue weighted by atomic mass is 19.2. The Labute approximate surface area is 204 Å². The maximum Gasteiger partial charge on any atom is 0.174 e. The standard InChI is InChI=1S/C28H30F2N2O3/c1-35-22-8-9-26-24(16-22)23(11-13-31-26)27(34)10-7-19-12-15-32(17-21(19)18-33)14-3-5-20-4-2-6-25(29)28(20)30/h2,4,6,8-9,11,13,16,19,21,27,33-34H,7,10,12,14-15,17-18H2,1H3/t19-,21-,27+/m1/s1. The molecular formula is C28H30F2N2O3. The molecule has 1 saturated heterocycles. The number of ether oxygens (including phenoxy) is 1. The molecule has 1 aliphatic heterocycles. The van der Waals surface area contributed by atoms with Gasteiger partial charge in [0.2, 0.25) is 0 Å². The summed E-state index contributed by atoms with van der Waals surface area (Å²) in [4.78, 5) is 6.51. The van der Waals surface area contributed by atoms with E-state index in [1.165, 1.54) is 12.1 Å². The molecule has 35 heavy (non-hydrogen) atoms. The smallest absolute Gasteiger partial charge is 0.174 e. The average Bonchev–Trinajstić information content (AvgIpc) is 2.89. The maximum absolute atomic E-state index is 13.8. The summed E-state index contributed by atoms with van der Waals surface area (Å²) in [6, 6.07) is 11.4. The van der Waals surface area contributed by atoms with Gasteiger partial charge in [-0.2, -0.15) is 0 Å². The molecule has 2 N–H and O–H groups in total. The van der Waals surface area contributed by atoms with Gasteiger partial charge in [-0.3, -0.25) is 9.88 Å². The first kappa shape index (κ1) is 25.1. The van der Waals surface area contributed by atoms with Crippen LogP contribution in [-0.2, 0) is 0 Å². The molecule has 1 fully saturated rings. The van der Waals surface area contributed by atoms with Gasteiger partial charge in [-0.05, 0) is 79.6 Å². The number of halogens is 2. The lowest BCUT2D eigenvalue weighted by molar-refractivity contribution is 0.0640. The molecule has 0 bridgehead atoms. The third-order valence-electron chi connectivity index (χ3n) is 6.84. The maximum atomic E-state index is 13.8. The van der Waals surface area contributed by atoms with Crippen molar-refractivity contribution in [3.63, 3.8) is 0 Å². The van der Waals surface area contributed by atoms with Crippen molar-refractivity contribution in [2.75, 3.05) is 33.4 Å². The number of rotatable bonds is 7. The van der Waals surface area contributed by atoms with Crippen LogP contribution < -0.4 is 4.74 Å². The average molecular weight is 481 g/mol. The van der Waals surface area contributed by atoms with Crippen molar-refractivity contribution in [2.24, 2.45) is 11.8 Å². The van der Waals surface area contributed by atoms with E-state index in [4.69, 9.17) is 4.74 Å². The number of aliphatic hydroxyl groups is 2. The highest BCUT2D eigenvalue weighted by molar-refractivity contribution is 5.83. The van der Waals surface area contributed by atoms with Crippen LogP contribution in [0.15, 0.2) is 48.7 Å². The first-order valence-electron chi connectivity index (χ1n) is 11.9. The van der Waals surface area contributed by atoms with Gasteiger partial charge >= 0.3 is 0 Å². The Morgan fingerprint density at radius 1 is 1.20 bits per heavy atom. The van der Waals surface area contributed by atoms with Crippen LogP contribution in [0.4, 0.5) is 8.78 Å². The highest BCUT2D eigenvalue weighted by Gasteiger charge is 2.29. The second-order valence-corrected chi connectivity index (χ2v) is 9.01. The van der Waals surface area contributed by atoms with Gasteiger partial charge in [0.25, 0.3) is 0 Å². The number of likely N-dealkylation sites (tertiary alicyclic amines) is 1. The Morgan fingerprint density at radius 3 is 2.86 bits per heavy atom. The van der Waals surface area contributed by atoms with E-state index in [9.17, 15) is 19.0 Å². The quantitative estimate of drug-likeness (QED) is 0.493. The van der Waals surface area contributed by atoms with Crippen LogP contribution in [-0.4, -0.2) is 53.4 Å². The van der Waals surface area contributed by atoms with Crippen LogP contribution in [0.3, 0.4) is 0 Å². The summed E-state index contributed by atoms with van der Waals surface area (Å²) >= 11 is 0. The molecule has 0 radical (unpaired) electrons. The first-order valence-corrected chi connectivity index (χ1v) is 11.9. The Morgan fingerprint density at radius 2 is 2.06 bits per heavy atom. The number of aliphatic hydroxyl groups excluding tert-OH is 2. The molecule has 4 rings (SSSR count). The number of aromatic nitrogens is 1. The van der Waals surface area contributed by atoms with Crippen molar-refractivity contribution in [3.8, 4) is 17.6 Å². The number of hydrogen-bond donors (Lipinski definition) is 2. The lowest BCUT2D eigenvalue weighted by Gasteiger charge is -2.37. The zero-order valence-corrected chi connectivity index (χ0v) is 19.8. The van der Waals surface area contributed by atoms with Crippen LogP contribution in [0.5, 0.6) is 5.75 Å². The van der Waals surface area contributed by atoms with E-state index in [-0.39, 0.29) is 24.0 Å². The fourth-order valence-electron chi connectivity index (χ4n) is 4.83. The monoisotopic (exact) mass is 480 g/mol. The van der Waals surface area contributed by atoms with Gasteiger partial charge < -0.3 is 14.9 Å². The van der Waals surface area contributed by atoms with Crippen molar-refractivity contribution in [1.29, 1.82) is 0 Å². The van der Waals surface area contributed by atoms with Crippen molar-refractivity contribution in [1.82, 2.24) is 9.88 Å². The molecule has 0 amide bonds. The number of piperidine rings is 1. The summed E-state index contributed by atoms with van der Waals surface area (Å²) in [6.45, 7) is 1.95. The molecule has 0 spiro atoms. The van der Waals surface area contributed by atoms with Gasteiger partial charge in [0.1, 0.15) is 5.75 Å². The second-order valence-electron chi connectivity index (χ2n) is 9.01. The van der Waals surface area contributed by atoms with Crippen molar-refractivity contribution >= 4 is 10.9 Å². The fraction of sp³-hybridized carbons (Fsp3) is 0.393. The van der Waals surface area contributed by atoms with E-state index < -0.39 is 17.7 Å². The van der Waals surface area contributed by atoms with E-state index in [1.54, 1.807) is 13.3 Å². The molecule has 2 aromatic carbocycles. The molecule has 2 heterocycles. The van der Waals surface area contributed by atoms with E-state index in [0.717, 1.165) is 47.7 Å². The highest BCUT2D eigenvalue weighted by Crippen LogP contribution is 2.33. The summed E-state index contributed by atoms with van der Waals surface area (Å²) in [7, 11) is 1.61. The molecule has 184 valence electrons. The van der Waals surface area contributed by atoms with Crippen molar-refractivity contribution in [3.05, 3.63) is 71.4 Å². The Kier molecular flexibility index (Phi) is 8.29. The summed E-state index contributed by atoms with van der Waals surface area (Å²) in [5.74, 6) is 4.87.